The third kappa shape index (κ3) is 29.0. The van der Waals surface area contributed by atoms with Crippen LogP contribution >= 0.6 is 0 Å². The van der Waals surface area contributed by atoms with Gasteiger partial charge in [0.2, 0.25) is 76.8 Å². The molecule has 23 N–H and O–H groups in total. The van der Waals surface area contributed by atoms with Crippen LogP contribution < -0.4 is 81.0 Å². The number of hydrogen-bond acceptors (Lipinski definition) is 21. The molecule has 0 saturated carbocycles. The Bertz CT molecular complexity index is 3490. The van der Waals surface area contributed by atoms with Crippen molar-refractivity contribution in [2.45, 2.75) is 197 Å². The van der Waals surface area contributed by atoms with Crippen molar-refractivity contribution in [2.24, 2.45) is 23.1 Å². The van der Waals surface area contributed by atoms with Crippen LogP contribution in [-0.2, 0) is 94.3 Å². The summed E-state index contributed by atoms with van der Waals surface area (Å²) in [6.07, 6.45) is -2.19. The number of cyclic esters (lactones) is 1. The van der Waals surface area contributed by atoms with Gasteiger partial charge in [-0.15, -0.1) is 0 Å². The second-order valence-electron chi connectivity index (χ2n) is 25.1. The number of carbonyl (C=O) groups excluding carboxylic acids is 14. The van der Waals surface area contributed by atoms with Crippen LogP contribution in [0.25, 0.3) is 10.9 Å². The summed E-state index contributed by atoms with van der Waals surface area (Å²) in [5.41, 5.74) is 18.8. The molecule has 0 radical (unpaired) electrons. The number of fused-ring (bicyclic) bond motifs is 1. The molecule has 37 heteroatoms. The minimum absolute atomic E-state index is 0.217. The van der Waals surface area contributed by atoms with Gasteiger partial charge in [0.05, 0.1) is 51.5 Å². The number of aliphatic hydroxyl groups is 2. The van der Waals surface area contributed by atoms with Gasteiger partial charge in [0, 0.05) is 29.9 Å². The Labute approximate surface area is 598 Å². The van der Waals surface area contributed by atoms with Crippen molar-refractivity contribution >= 4 is 106 Å². The summed E-state index contributed by atoms with van der Waals surface area (Å²) in [6, 6.07) is -3.49. The van der Waals surface area contributed by atoms with Gasteiger partial charge >= 0.3 is 17.9 Å². The maximum Gasteiger partial charge on any atom is 0.329 e. The van der Waals surface area contributed by atoms with Crippen LogP contribution in [0.2, 0.25) is 0 Å². The van der Waals surface area contributed by atoms with E-state index in [4.69, 9.17) is 21.9 Å². The zero-order chi connectivity index (χ0) is 77.2. The number of aliphatic carboxylic acids is 2. The van der Waals surface area contributed by atoms with E-state index in [9.17, 15) is 97.1 Å². The largest absolute Gasteiger partial charge is 0.481 e. The molecule has 0 bridgehead atoms. The SMILES string of the molecule is CCCCCCCC(O)CC(=O)N[C@@H](CO)C(=O)N[C@@H]1C(=O)N[C@H](CCN)C(=O)N[C@@H](CC(=O)O)C(=O)NCC(=O)N[C@H](CC(N)=O)C(=O)N[C@H](CC(=O)O)C(=O)NCC(=O)N[C@@H](Cc2c[nH]c3ccccc23)C(=O)N[C@@H]([C@@H](C)CC)C(=O)N[C@@H](CCN)C(=O)N[C@@H](Cc2ccccc2)C(=O)O[C@@H]1C. The number of carbonyl (C=O) groups is 16. The first-order chi connectivity index (χ1) is 49.4. The maximum absolute atomic E-state index is 14.8. The summed E-state index contributed by atoms with van der Waals surface area (Å²) in [6.45, 7) is 2.46. The van der Waals surface area contributed by atoms with E-state index in [1.807, 2.05) is 12.2 Å². The van der Waals surface area contributed by atoms with Crippen LogP contribution in [-0.4, -0.2) is 226 Å². The number of carboxylic acids is 2. The van der Waals surface area contributed by atoms with Crippen molar-refractivity contribution in [3.8, 4) is 0 Å². The summed E-state index contributed by atoms with van der Waals surface area (Å²) in [5, 5.41) is 69.1. The summed E-state index contributed by atoms with van der Waals surface area (Å²) >= 11 is 0. The van der Waals surface area contributed by atoms with Gasteiger partial charge in [-0.25, -0.2) is 4.79 Å². The Morgan fingerprint density at radius 1 is 0.596 bits per heavy atom. The Morgan fingerprint density at radius 2 is 1.11 bits per heavy atom. The molecule has 1 saturated heterocycles. The van der Waals surface area contributed by atoms with Gasteiger partial charge in [-0.1, -0.05) is 108 Å². The summed E-state index contributed by atoms with van der Waals surface area (Å²) in [7, 11) is 0. The zero-order valence-electron chi connectivity index (χ0n) is 58.4. The Morgan fingerprint density at radius 3 is 1.65 bits per heavy atom. The minimum Gasteiger partial charge on any atom is -0.481 e. The topological polar surface area (TPSA) is 601 Å². The van der Waals surface area contributed by atoms with E-state index >= 15 is 0 Å². The minimum atomic E-state index is -2.14. The molecular weight excluding hydrogens is 1360 g/mol. The molecular formula is C67H98N16O21. The molecule has 37 nitrogen and oxygen atoms in total. The van der Waals surface area contributed by atoms with Gasteiger partial charge in [-0.2, -0.15) is 0 Å². The molecule has 2 aromatic carbocycles. The highest BCUT2D eigenvalue weighted by atomic mass is 16.5. The van der Waals surface area contributed by atoms with Crippen molar-refractivity contribution in [1.29, 1.82) is 0 Å². The van der Waals surface area contributed by atoms with E-state index in [2.05, 4.69) is 63.5 Å². The fourth-order valence-electron chi connectivity index (χ4n) is 10.9. The standard InChI is InChI=1S/C67H98N16O21/c1-5-7-8-9-13-18-39(85)27-51(87)76-49(34-84)64(100)83-57-36(4)104-67(103)48(25-37-16-11-10-12-17-37)81-61(97)43(22-24-69)77-65(101)56(35(3)6-2)82-63(99)44(26-38-31-71-41-20-15-14-19-40(38)41)74-52(88)32-72-59(95)47(30-55(92)93)80-62(98)45(28-50(70)86)75-53(89)33-73-58(94)46(29-54(90)91)79-60(96)42(21-23-68)78-66(57)102/h10-12,14-17,19-20,31,35-36,39,42-49,56-57,71,84-85H,5-9,13,18,21-30,32-34,68-69H2,1-4H3,(H2,70,86)(H,72,95)(H,73,94)(H,74,88)(H,75,89)(H,76,87)(H,77,101)(H,78,102)(H,79,96)(H,80,98)(H,81,97)(H,82,99)(H,83,100)(H,90,91)(H,92,93)/t35-,36+,39?,42+,43-,44-,45+,46-,47+,48-,49-,56-,57-/m0/s1. The molecule has 1 aromatic heterocycles. The lowest BCUT2D eigenvalue weighted by atomic mass is 9.96. The molecule has 13 amide bonds. The predicted molar refractivity (Wildman–Crippen MR) is 369 cm³/mol. The third-order valence-electron chi connectivity index (χ3n) is 16.8. The van der Waals surface area contributed by atoms with Gasteiger partial charge < -0.3 is 111 Å². The van der Waals surface area contributed by atoms with Crippen molar-refractivity contribution in [3.63, 3.8) is 0 Å². The molecule has 2 heterocycles. The first kappa shape index (κ1) is 85.8. The number of nitrogens with one attached hydrogen (secondary N) is 13. The van der Waals surface area contributed by atoms with Crippen LogP contribution in [0.1, 0.15) is 122 Å². The second-order valence-corrected chi connectivity index (χ2v) is 25.1. The number of rotatable bonds is 28. The first-order valence-corrected chi connectivity index (χ1v) is 34.2. The molecule has 13 atom stereocenters. The maximum atomic E-state index is 14.8. The Kier molecular flexibility index (Phi) is 36.3. The number of aromatic nitrogens is 1. The number of H-pyrrole nitrogens is 1. The molecule has 3 aromatic rings. The highest BCUT2D eigenvalue weighted by Crippen LogP contribution is 2.21. The number of para-hydroxylation sites is 1. The van der Waals surface area contributed by atoms with E-state index in [1.165, 1.54) is 0 Å². The lowest BCUT2D eigenvalue weighted by Gasteiger charge is -2.30. The molecule has 0 spiro atoms. The first-order valence-electron chi connectivity index (χ1n) is 34.2. The number of primary amides is 1. The highest BCUT2D eigenvalue weighted by Gasteiger charge is 2.40. The highest BCUT2D eigenvalue weighted by molar-refractivity contribution is 6.01. The van der Waals surface area contributed by atoms with E-state index in [1.54, 1.807) is 74.6 Å². The fraction of sp³-hybridized carbons (Fsp3) is 0.552. The monoisotopic (exact) mass is 1460 g/mol. The third-order valence-corrected chi connectivity index (χ3v) is 16.8. The average molecular weight is 1460 g/mol. The summed E-state index contributed by atoms with van der Waals surface area (Å²) in [5.74, 6) is -21.0. The Hall–Kier alpha value is -10.7. The summed E-state index contributed by atoms with van der Waals surface area (Å²) in [4.78, 5) is 223. The number of carboxylic acid groups (broad SMARTS) is 2. The van der Waals surface area contributed by atoms with Crippen molar-refractivity contribution < 1.29 is 102 Å². The van der Waals surface area contributed by atoms with E-state index in [0.29, 0.717) is 28.5 Å². The van der Waals surface area contributed by atoms with Gasteiger partial charge in [-0.05, 0) is 62.4 Å². The van der Waals surface area contributed by atoms with Gasteiger partial charge in [0.1, 0.15) is 66.5 Å². The van der Waals surface area contributed by atoms with Crippen molar-refractivity contribution in [3.05, 3.63) is 71.9 Å². The molecule has 104 heavy (non-hydrogen) atoms. The van der Waals surface area contributed by atoms with E-state index in [-0.39, 0.29) is 38.6 Å². The number of benzene rings is 2. The average Bonchev–Trinajstić information content (AvgIpc) is 1.80. The molecule has 0 aliphatic carbocycles. The van der Waals surface area contributed by atoms with Crippen LogP contribution in [0.15, 0.2) is 60.8 Å². The number of ether oxygens (including phenoxy) is 1. The lowest BCUT2D eigenvalue weighted by molar-refractivity contribution is -0.156. The van der Waals surface area contributed by atoms with E-state index in [0.717, 1.165) is 32.6 Å². The van der Waals surface area contributed by atoms with Gasteiger partial charge in [-0.3, -0.25) is 71.9 Å². The predicted octanol–water partition coefficient (Wildman–Crippen LogP) is -5.35. The molecule has 1 aliphatic heterocycles. The van der Waals surface area contributed by atoms with Crippen LogP contribution in [0.4, 0.5) is 0 Å². The molecule has 1 aliphatic rings. The summed E-state index contributed by atoms with van der Waals surface area (Å²) < 4.78 is 5.86. The smallest absolute Gasteiger partial charge is 0.329 e. The number of amides is 13. The quantitative estimate of drug-likeness (QED) is 0.0238. The lowest BCUT2D eigenvalue weighted by Crippen LogP contribution is -2.62. The number of hydrogen-bond donors (Lipinski definition) is 20. The molecule has 4 rings (SSSR count). The molecule has 1 fully saturated rings. The number of aliphatic hydroxyl groups excluding tert-OH is 2. The van der Waals surface area contributed by atoms with Gasteiger partial charge in [0.15, 0.2) is 0 Å². The van der Waals surface area contributed by atoms with Crippen LogP contribution in [0.3, 0.4) is 0 Å². The normalized spacial score (nSPS) is 23.1. The number of nitrogens with two attached hydrogens (primary N) is 3. The number of aromatic amines is 1. The second kappa shape index (κ2) is 44.0. The molecule has 572 valence electrons. The fourth-order valence-corrected chi connectivity index (χ4v) is 10.9. The zero-order valence-corrected chi connectivity index (χ0v) is 58.4. The van der Waals surface area contributed by atoms with Crippen LogP contribution in [0.5, 0.6) is 0 Å². The van der Waals surface area contributed by atoms with Crippen molar-refractivity contribution in [2.75, 3.05) is 32.8 Å². The van der Waals surface area contributed by atoms with Crippen molar-refractivity contribution in [1.82, 2.24) is 68.8 Å². The Balaban J connectivity index is 1.86. The number of unbranched alkanes of at least 4 members (excludes halogenated alkanes) is 4. The van der Waals surface area contributed by atoms with Gasteiger partial charge in [0.25, 0.3) is 0 Å². The number of esters is 1. The van der Waals surface area contributed by atoms with Crippen LogP contribution in [0, 0.1) is 5.92 Å². The molecule has 1 unspecified atom stereocenters. The van der Waals surface area contributed by atoms with E-state index < -0.39 is 232 Å².